The van der Waals surface area contributed by atoms with Crippen LogP contribution in [0.3, 0.4) is 0 Å². The van der Waals surface area contributed by atoms with Crippen LogP contribution in [0.15, 0.2) is 34.1 Å². The summed E-state index contributed by atoms with van der Waals surface area (Å²) < 4.78 is 25.6. The molecular weight excluding hydrogens is 440 g/mol. The average Bonchev–Trinajstić information content (AvgIpc) is 3.29. The summed E-state index contributed by atoms with van der Waals surface area (Å²) >= 11 is 0. The second-order valence-corrected chi connectivity index (χ2v) is 14.5. The third kappa shape index (κ3) is 8.66. The molecule has 0 aromatic heterocycles. The van der Waals surface area contributed by atoms with Gasteiger partial charge in [0.2, 0.25) is 0 Å². The second-order valence-electron chi connectivity index (χ2n) is 11.0. The molecule has 0 amide bonds. The summed E-state index contributed by atoms with van der Waals surface area (Å²) in [4.78, 5) is 1.75. The molecule has 2 N–H and O–H groups in total. The lowest BCUT2D eigenvalue weighted by Crippen LogP contribution is -2.17. The number of unbranched alkanes of at least 4 members (excludes halogenated alkanes) is 2. The Morgan fingerprint density at radius 3 is 1.50 bits per heavy atom. The lowest BCUT2D eigenvalue weighted by molar-refractivity contribution is 0.147. The van der Waals surface area contributed by atoms with Gasteiger partial charge in [0.05, 0.1) is 21.6 Å². The normalized spacial score (nSPS) is 26.7. The van der Waals surface area contributed by atoms with Gasteiger partial charge in [0.1, 0.15) is 0 Å². The minimum atomic E-state index is -0.982. The van der Waals surface area contributed by atoms with Crippen molar-refractivity contribution in [1.82, 2.24) is 0 Å². The lowest BCUT2D eigenvalue weighted by atomic mass is 9.88. The Balaban J connectivity index is 1.72. The minimum Gasteiger partial charge on any atom is -0.396 e. The molecular formula is C26H44O4S2. The first-order chi connectivity index (χ1) is 15.1. The number of aliphatic hydroxyl groups is 2. The predicted molar refractivity (Wildman–Crippen MR) is 137 cm³/mol. The Labute approximate surface area is 200 Å². The fourth-order valence-corrected chi connectivity index (χ4v) is 7.21. The average molecular weight is 485 g/mol. The van der Waals surface area contributed by atoms with Gasteiger partial charge < -0.3 is 10.2 Å². The van der Waals surface area contributed by atoms with E-state index < -0.39 is 21.6 Å². The van der Waals surface area contributed by atoms with E-state index in [1.165, 1.54) is 0 Å². The van der Waals surface area contributed by atoms with E-state index in [9.17, 15) is 18.6 Å². The zero-order valence-corrected chi connectivity index (χ0v) is 22.1. The van der Waals surface area contributed by atoms with E-state index >= 15 is 0 Å². The third-order valence-corrected chi connectivity index (χ3v) is 10.4. The van der Waals surface area contributed by atoms with E-state index in [0.717, 1.165) is 74.0 Å². The zero-order valence-electron chi connectivity index (χ0n) is 20.5. The monoisotopic (exact) mass is 484 g/mol. The van der Waals surface area contributed by atoms with Gasteiger partial charge in [-0.15, -0.1) is 0 Å². The lowest BCUT2D eigenvalue weighted by Gasteiger charge is -2.21. The van der Waals surface area contributed by atoms with Crippen LogP contribution in [0.2, 0.25) is 0 Å². The van der Waals surface area contributed by atoms with Crippen molar-refractivity contribution >= 4 is 21.6 Å². The van der Waals surface area contributed by atoms with Crippen LogP contribution in [0.25, 0.3) is 0 Å². The number of rotatable bonds is 14. The molecule has 0 spiro atoms. The molecule has 2 aliphatic heterocycles. The Hall–Kier alpha value is -0.560. The summed E-state index contributed by atoms with van der Waals surface area (Å²) in [5.74, 6) is 0. The van der Waals surface area contributed by atoms with Gasteiger partial charge in [-0.25, -0.2) is 0 Å². The minimum absolute atomic E-state index is 0.0283. The molecule has 2 aliphatic rings. The van der Waals surface area contributed by atoms with Crippen molar-refractivity contribution < 1.29 is 18.6 Å². The van der Waals surface area contributed by atoms with Crippen LogP contribution >= 0.6 is 0 Å². The third-order valence-electron chi connectivity index (χ3n) is 6.76. The number of hydrogen-bond acceptors (Lipinski definition) is 4. The van der Waals surface area contributed by atoms with Crippen molar-refractivity contribution in [1.29, 1.82) is 0 Å². The quantitative estimate of drug-likeness (QED) is 0.319. The Kier molecular flexibility index (Phi) is 11.1. The number of aliphatic hydroxyl groups excluding tert-OH is 2. The first-order valence-electron chi connectivity index (χ1n) is 12.2. The highest BCUT2D eigenvalue weighted by molar-refractivity contribution is 7.90. The second kappa shape index (κ2) is 12.8. The summed E-state index contributed by atoms with van der Waals surface area (Å²) in [5.41, 5.74) is -0.0565. The molecule has 4 nitrogen and oxygen atoms in total. The molecule has 0 bridgehead atoms. The van der Waals surface area contributed by atoms with Crippen molar-refractivity contribution in [2.45, 2.75) is 102 Å². The predicted octanol–water partition coefficient (Wildman–Crippen LogP) is 5.51. The number of allylic oxidation sites excluding steroid dienone is 4. The SMILES string of the molecule is CC(C)(CO)CCCCC1CC=C(C=CC2=CCC(CCCCC(C)(C)CO)S2=O)S1=O. The molecule has 0 aliphatic carbocycles. The molecule has 0 aromatic carbocycles. The van der Waals surface area contributed by atoms with Crippen LogP contribution in [-0.2, 0) is 21.6 Å². The molecule has 4 atom stereocenters. The van der Waals surface area contributed by atoms with Gasteiger partial charge in [0.15, 0.2) is 0 Å². The first kappa shape index (κ1) is 27.7. The molecule has 0 saturated carbocycles. The van der Waals surface area contributed by atoms with Gasteiger partial charge in [-0.1, -0.05) is 65.5 Å². The standard InChI is InChI=1S/C26H44O4S2/c1-25(2,19-27)17-7-5-9-21-11-13-23(31(21)29)15-16-24-14-12-22(32(24)30)10-6-8-18-26(3,4)20-28/h13-16,21-22,27-28H,5-12,17-20H2,1-4H3. The van der Waals surface area contributed by atoms with Crippen molar-refractivity contribution in [2.24, 2.45) is 10.8 Å². The first-order valence-corrected chi connectivity index (χ1v) is 14.6. The smallest absolute Gasteiger partial charge is 0.0560 e. The molecule has 2 heterocycles. The molecule has 2 rings (SSSR count). The fourth-order valence-electron chi connectivity index (χ4n) is 4.21. The van der Waals surface area contributed by atoms with Crippen molar-refractivity contribution in [2.75, 3.05) is 13.2 Å². The van der Waals surface area contributed by atoms with E-state index in [-0.39, 0.29) is 34.5 Å². The summed E-state index contributed by atoms with van der Waals surface area (Å²) in [6.45, 7) is 8.73. The van der Waals surface area contributed by atoms with Gasteiger partial charge >= 0.3 is 0 Å². The highest BCUT2D eigenvalue weighted by Crippen LogP contribution is 2.31. The maximum atomic E-state index is 12.8. The van der Waals surface area contributed by atoms with Gasteiger partial charge in [-0.3, -0.25) is 8.42 Å². The Morgan fingerprint density at radius 2 is 1.16 bits per heavy atom. The molecule has 4 unspecified atom stereocenters. The van der Waals surface area contributed by atoms with Gasteiger partial charge in [0, 0.05) is 33.5 Å². The maximum Gasteiger partial charge on any atom is 0.0560 e. The molecule has 6 heteroatoms. The van der Waals surface area contributed by atoms with Crippen LogP contribution in [0.1, 0.15) is 91.9 Å². The van der Waals surface area contributed by atoms with Crippen LogP contribution < -0.4 is 0 Å². The van der Waals surface area contributed by atoms with E-state index in [1.807, 2.05) is 12.2 Å². The zero-order chi connectivity index (χ0) is 23.8. The molecule has 0 fully saturated rings. The van der Waals surface area contributed by atoms with Crippen molar-refractivity contribution in [3.05, 3.63) is 34.1 Å². The Morgan fingerprint density at radius 1 is 0.781 bits per heavy atom. The van der Waals surface area contributed by atoms with Crippen LogP contribution in [-0.4, -0.2) is 42.3 Å². The van der Waals surface area contributed by atoms with E-state index in [2.05, 4.69) is 39.8 Å². The van der Waals surface area contributed by atoms with E-state index in [0.29, 0.717) is 0 Å². The number of hydrogen-bond donors (Lipinski definition) is 2. The molecule has 184 valence electrons. The molecule has 0 aromatic rings. The van der Waals surface area contributed by atoms with Gasteiger partial charge in [-0.2, -0.15) is 0 Å². The van der Waals surface area contributed by atoms with E-state index in [1.54, 1.807) is 0 Å². The van der Waals surface area contributed by atoms with Crippen molar-refractivity contribution in [3.63, 3.8) is 0 Å². The largest absolute Gasteiger partial charge is 0.396 e. The highest BCUT2D eigenvalue weighted by atomic mass is 32.2. The van der Waals surface area contributed by atoms with Crippen LogP contribution in [0.5, 0.6) is 0 Å². The van der Waals surface area contributed by atoms with E-state index in [4.69, 9.17) is 0 Å². The molecule has 0 saturated heterocycles. The highest BCUT2D eigenvalue weighted by Gasteiger charge is 2.27. The summed E-state index contributed by atoms with van der Waals surface area (Å²) in [5, 5.41) is 19.1. The van der Waals surface area contributed by atoms with Gasteiger partial charge in [-0.05, 0) is 61.5 Å². The van der Waals surface area contributed by atoms with Gasteiger partial charge in [0.25, 0.3) is 0 Å². The summed E-state index contributed by atoms with van der Waals surface area (Å²) in [7, 11) is -1.96. The topological polar surface area (TPSA) is 74.6 Å². The van der Waals surface area contributed by atoms with Crippen LogP contribution in [0, 0.1) is 10.8 Å². The summed E-state index contributed by atoms with van der Waals surface area (Å²) in [6, 6.07) is 0. The van der Waals surface area contributed by atoms with Crippen LogP contribution in [0.4, 0.5) is 0 Å². The Bertz CT molecular complexity index is 687. The maximum absolute atomic E-state index is 12.8. The molecule has 0 radical (unpaired) electrons. The summed E-state index contributed by atoms with van der Waals surface area (Å²) in [6.07, 6.45) is 17.8. The molecule has 32 heavy (non-hydrogen) atoms. The van der Waals surface area contributed by atoms with Crippen molar-refractivity contribution in [3.8, 4) is 0 Å². The fraction of sp³-hybridized carbons (Fsp3) is 0.769.